The van der Waals surface area contributed by atoms with E-state index in [1.807, 2.05) is 30.3 Å². The largest absolute Gasteiger partial charge is 0.461 e. The number of anilines is 1. The van der Waals surface area contributed by atoms with Crippen molar-refractivity contribution in [2.24, 2.45) is 17.6 Å². The number of rotatable bonds is 19. The second-order valence-corrected chi connectivity index (χ2v) is 11.7. The molecule has 0 radical (unpaired) electrons. The Hall–Kier alpha value is -3.72. The van der Waals surface area contributed by atoms with Gasteiger partial charge in [0.05, 0.1) is 5.92 Å². The maximum atomic E-state index is 13.5. The summed E-state index contributed by atoms with van der Waals surface area (Å²) in [5.74, 6) is -0.828. The van der Waals surface area contributed by atoms with E-state index < -0.39 is 18.0 Å². The molecule has 0 spiro atoms. The Balaban J connectivity index is 2.05. The number of carbonyl (C=O) groups excluding carboxylic acids is 4. The van der Waals surface area contributed by atoms with Crippen molar-refractivity contribution >= 4 is 29.4 Å². The highest BCUT2D eigenvalue weighted by Gasteiger charge is 2.27. The number of esters is 1. The number of amides is 3. The number of unbranched alkanes of at least 4 members (excludes halogenated alkanes) is 2. The van der Waals surface area contributed by atoms with Crippen LogP contribution in [0.5, 0.6) is 0 Å². The zero-order chi connectivity index (χ0) is 31.6. The first-order chi connectivity index (χ1) is 20.6. The molecular weight excluding hydrogens is 544 g/mol. The Labute approximate surface area is 256 Å². The van der Waals surface area contributed by atoms with Gasteiger partial charge in [-0.1, -0.05) is 89.4 Å². The molecule has 9 nitrogen and oxygen atoms in total. The summed E-state index contributed by atoms with van der Waals surface area (Å²) in [5, 5.41) is 8.62. The van der Waals surface area contributed by atoms with Crippen LogP contribution in [0.4, 0.5) is 5.69 Å². The molecule has 5 N–H and O–H groups in total. The molecule has 2 atom stereocenters. The fourth-order valence-electron chi connectivity index (χ4n) is 4.44. The van der Waals surface area contributed by atoms with Crippen LogP contribution < -0.4 is 21.7 Å². The molecule has 43 heavy (non-hydrogen) atoms. The Morgan fingerprint density at radius 1 is 0.744 bits per heavy atom. The Kier molecular flexibility index (Phi) is 16.1. The summed E-state index contributed by atoms with van der Waals surface area (Å²) in [5.41, 5.74) is 7.96. The van der Waals surface area contributed by atoms with Gasteiger partial charge in [0.2, 0.25) is 17.7 Å². The Morgan fingerprint density at radius 3 is 2.07 bits per heavy atom. The van der Waals surface area contributed by atoms with Crippen molar-refractivity contribution in [3.63, 3.8) is 0 Å². The number of nitrogens with one attached hydrogen (secondary N) is 3. The summed E-state index contributed by atoms with van der Waals surface area (Å²) in [6.07, 6.45) is 5.46. The van der Waals surface area contributed by atoms with Gasteiger partial charge in [0.25, 0.3) is 0 Å². The monoisotopic (exact) mass is 594 g/mol. The number of hydrogen-bond donors (Lipinski definition) is 4. The van der Waals surface area contributed by atoms with Crippen molar-refractivity contribution in [2.45, 2.75) is 97.8 Å². The molecule has 3 amide bonds. The van der Waals surface area contributed by atoms with Crippen molar-refractivity contribution in [1.82, 2.24) is 10.6 Å². The molecule has 9 heteroatoms. The molecule has 0 heterocycles. The van der Waals surface area contributed by atoms with Crippen LogP contribution in [0.15, 0.2) is 54.6 Å². The molecule has 236 valence electrons. The van der Waals surface area contributed by atoms with E-state index in [1.54, 1.807) is 38.1 Å². The lowest BCUT2D eigenvalue weighted by Crippen LogP contribution is -2.53. The summed E-state index contributed by atoms with van der Waals surface area (Å²) in [6.45, 7) is 8.43. The maximum Gasteiger partial charge on any atom is 0.308 e. The van der Waals surface area contributed by atoms with Gasteiger partial charge in [-0.2, -0.15) is 0 Å². The van der Waals surface area contributed by atoms with Crippen molar-refractivity contribution in [2.75, 3.05) is 11.9 Å². The molecule has 0 aromatic heterocycles. The van der Waals surface area contributed by atoms with Crippen LogP contribution in [0.2, 0.25) is 0 Å². The van der Waals surface area contributed by atoms with Gasteiger partial charge >= 0.3 is 5.97 Å². The van der Waals surface area contributed by atoms with Gasteiger partial charge in [-0.3, -0.25) is 19.2 Å². The normalized spacial score (nSPS) is 12.4. The Morgan fingerprint density at radius 2 is 1.44 bits per heavy atom. The predicted molar refractivity (Wildman–Crippen MR) is 170 cm³/mol. The molecular formula is C34H50N4O5. The summed E-state index contributed by atoms with van der Waals surface area (Å²) >= 11 is 0. The van der Waals surface area contributed by atoms with E-state index in [4.69, 9.17) is 10.5 Å². The van der Waals surface area contributed by atoms with Crippen LogP contribution in [0.25, 0.3) is 0 Å². The van der Waals surface area contributed by atoms with E-state index >= 15 is 0 Å². The van der Waals surface area contributed by atoms with E-state index in [2.05, 4.69) is 29.8 Å². The minimum absolute atomic E-state index is 0.146. The van der Waals surface area contributed by atoms with E-state index in [0.717, 1.165) is 36.8 Å². The highest BCUT2D eigenvalue weighted by Crippen LogP contribution is 2.14. The number of hydrogen-bond acceptors (Lipinski definition) is 6. The summed E-state index contributed by atoms with van der Waals surface area (Å²) in [7, 11) is 0. The first-order valence-electron chi connectivity index (χ1n) is 15.5. The smallest absolute Gasteiger partial charge is 0.308 e. The SMILES string of the molecule is CC(C)CCCCCC(=O)N[C@@H](Cc1ccccc1)C(=O)N[C@@H](CCCN)C(=O)Nc1ccc(COC(=O)C(C)C)cc1. The first-order valence-corrected chi connectivity index (χ1v) is 15.5. The van der Waals surface area contributed by atoms with Crippen molar-refractivity contribution < 1.29 is 23.9 Å². The summed E-state index contributed by atoms with van der Waals surface area (Å²) < 4.78 is 5.25. The fraction of sp³-hybridized carbons (Fsp3) is 0.529. The van der Waals surface area contributed by atoms with Crippen LogP contribution >= 0.6 is 0 Å². The number of benzene rings is 2. The lowest BCUT2D eigenvalue weighted by atomic mass is 10.0. The average molecular weight is 595 g/mol. The van der Waals surface area contributed by atoms with Gasteiger partial charge in [-0.05, 0) is 55.0 Å². The summed E-state index contributed by atoms with van der Waals surface area (Å²) in [4.78, 5) is 51.3. The van der Waals surface area contributed by atoms with Gasteiger partial charge in [0.1, 0.15) is 18.7 Å². The maximum absolute atomic E-state index is 13.5. The number of carbonyl (C=O) groups is 4. The molecule has 2 aromatic rings. The molecule has 0 aliphatic heterocycles. The molecule has 2 aromatic carbocycles. The van der Waals surface area contributed by atoms with E-state index in [0.29, 0.717) is 43.8 Å². The molecule has 0 aliphatic carbocycles. The standard InChI is InChI=1S/C34H50N4O5/c1-24(2)12-7-5-10-16-31(39)37-30(22-26-13-8-6-9-14-26)33(41)38-29(15-11-21-35)32(40)36-28-19-17-27(18-20-28)23-43-34(42)25(3)4/h6,8-9,13-14,17-20,24-25,29-30H,5,7,10-12,15-16,21-23,35H2,1-4H3,(H,36,40)(H,37,39)(H,38,41)/t29-,30-/m0/s1. The topological polar surface area (TPSA) is 140 Å². The molecule has 0 aliphatic rings. The molecule has 0 saturated heterocycles. The number of ether oxygens (including phenoxy) is 1. The van der Waals surface area contributed by atoms with Gasteiger partial charge in [0.15, 0.2) is 0 Å². The predicted octanol–water partition coefficient (Wildman–Crippen LogP) is 4.88. The molecule has 0 saturated carbocycles. The fourth-order valence-corrected chi connectivity index (χ4v) is 4.44. The Bertz CT molecular complexity index is 1140. The van der Waals surface area contributed by atoms with Gasteiger partial charge in [0, 0.05) is 18.5 Å². The molecule has 0 unspecified atom stereocenters. The van der Waals surface area contributed by atoms with Crippen molar-refractivity contribution in [3.8, 4) is 0 Å². The van der Waals surface area contributed by atoms with Gasteiger partial charge in [-0.15, -0.1) is 0 Å². The van der Waals surface area contributed by atoms with Gasteiger partial charge < -0.3 is 26.4 Å². The first kappa shape index (κ1) is 35.5. The minimum Gasteiger partial charge on any atom is -0.461 e. The zero-order valence-corrected chi connectivity index (χ0v) is 26.2. The van der Waals surface area contributed by atoms with Crippen molar-refractivity contribution in [3.05, 3.63) is 65.7 Å². The molecule has 0 fully saturated rings. The minimum atomic E-state index is -0.839. The van der Waals surface area contributed by atoms with Crippen LogP contribution in [0, 0.1) is 11.8 Å². The van der Waals surface area contributed by atoms with Crippen LogP contribution in [-0.4, -0.2) is 42.3 Å². The quantitative estimate of drug-likeness (QED) is 0.135. The highest BCUT2D eigenvalue weighted by atomic mass is 16.5. The third-order valence-electron chi connectivity index (χ3n) is 7.02. The second kappa shape index (κ2) is 19.5. The van der Waals surface area contributed by atoms with Gasteiger partial charge in [-0.25, -0.2) is 0 Å². The molecule has 0 bridgehead atoms. The van der Waals surface area contributed by atoms with E-state index in [9.17, 15) is 19.2 Å². The number of nitrogens with two attached hydrogens (primary N) is 1. The van der Waals surface area contributed by atoms with Crippen molar-refractivity contribution in [1.29, 1.82) is 0 Å². The third kappa shape index (κ3) is 14.3. The van der Waals surface area contributed by atoms with Crippen LogP contribution in [-0.2, 0) is 36.9 Å². The lowest BCUT2D eigenvalue weighted by Gasteiger charge is -2.23. The van der Waals surface area contributed by atoms with E-state index in [-0.39, 0.29) is 30.3 Å². The average Bonchev–Trinajstić information content (AvgIpc) is 2.98. The summed E-state index contributed by atoms with van der Waals surface area (Å²) in [6, 6.07) is 14.8. The lowest BCUT2D eigenvalue weighted by molar-refractivity contribution is -0.148. The zero-order valence-electron chi connectivity index (χ0n) is 26.2. The van der Waals surface area contributed by atoms with Crippen LogP contribution in [0.1, 0.15) is 83.8 Å². The third-order valence-corrected chi connectivity index (χ3v) is 7.02. The molecule has 2 rings (SSSR count). The second-order valence-electron chi connectivity index (χ2n) is 11.7. The van der Waals surface area contributed by atoms with E-state index in [1.165, 1.54) is 0 Å². The highest BCUT2D eigenvalue weighted by molar-refractivity contribution is 5.98. The van der Waals surface area contributed by atoms with Crippen LogP contribution in [0.3, 0.4) is 0 Å².